The summed E-state index contributed by atoms with van der Waals surface area (Å²) in [6.45, 7) is 3.94. The number of carbonyl (C=O) groups is 1. The number of carbonyl (C=O) groups excluding carboxylic acids is 1. The maximum Gasteiger partial charge on any atom is 0.283 e. The number of amides is 1. The molecule has 0 saturated heterocycles. The first-order valence-corrected chi connectivity index (χ1v) is 11.8. The second-order valence-electron chi connectivity index (χ2n) is 7.91. The smallest absolute Gasteiger partial charge is 0.283 e. The number of aliphatic imine (C=N–C) groups is 1. The van der Waals surface area contributed by atoms with Gasteiger partial charge in [-0.05, 0) is 55.3 Å². The van der Waals surface area contributed by atoms with Gasteiger partial charge in [0, 0.05) is 21.8 Å². The highest BCUT2D eigenvalue weighted by Crippen LogP contribution is 2.38. The van der Waals surface area contributed by atoms with Gasteiger partial charge in [-0.1, -0.05) is 53.7 Å². The van der Waals surface area contributed by atoms with Gasteiger partial charge < -0.3 is 9.30 Å². The van der Waals surface area contributed by atoms with Gasteiger partial charge in [0.1, 0.15) is 11.6 Å². The standard InChI is InChI=1S/C26H21ClN4O2S/c1-15-11-18(16(2)30(15)21-13-19(27)9-10-23(21)33-3)12-20-24(28)31-22(17-7-5-4-6-8-17)14-34-26(31)29-25(20)32/h4-14,28H,1-3H3/b20-12-,28-24?. The van der Waals surface area contributed by atoms with Gasteiger partial charge in [-0.3, -0.25) is 15.1 Å². The third-order valence-electron chi connectivity index (χ3n) is 5.84. The fourth-order valence-corrected chi connectivity index (χ4v) is 5.27. The minimum Gasteiger partial charge on any atom is -0.495 e. The number of aryl methyl sites for hydroxylation is 1. The van der Waals surface area contributed by atoms with Crippen LogP contribution >= 0.6 is 23.4 Å². The summed E-state index contributed by atoms with van der Waals surface area (Å²) in [4.78, 5) is 18.9. The Morgan fingerprint density at radius 3 is 2.62 bits per heavy atom. The van der Waals surface area contributed by atoms with Gasteiger partial charge in [-0.2, -0.15) is 4.99 Å². The maximum atomic E-state index is 12.9. The van der Waals surface area contributed by atoms with Crippen LogP contribution < -0.4 is 4.74 Å². The number of benzene rings is 2. The Labute approximate surface area is 206 Å². The van der Waals surface area contributed by atoms with E-state index in [0.29, 0.717) is 15.9 Å². The molecule has 170 valence electrons. The van der Waals surface area contributed by atoms with Crippen molar-refractivity contribution in [3.8, 4) is 11.4 Å². The van der Waals surface area contributed by atoms with Gasteiger partial charge in [-0.15, -0.1) is 0 Å². The van der Waals surface area contributed by atoms with Crippen molar-refractivity contribution >= 4 is 52.0 Å². The number of hydrogen-bond donors (Lipinski definition) is 1. The summed E-state index contributed by atoms with van der Waals surface area (Å²) in [5.74, 6) is 0.379. The molecular formula is C26H21ClN4O2S. The number of methoxy groups -OCH3 is 1. The van der Waals surface area contributed by atoms with Crippen LogP contribution in [0, 0.1) is 19.3 Å². The average Bonchev–Trinajstić information content (AvgIpc) is 3.37. The largest absolute Gasteiger partial charge is 0.495 e. The normalized spacial score (nSPS) is 16.6. The topological polar surface area (TPSA) is 70.7 Å². The number of thioether (sulfide) groups is 1. The van der Waals surface area contributed by atoms with Crippen molar-refractivity contribution in [1.29, 1.82) is 5.41 Å². The van der Waals surface area contributed by atoms with Gasteiger partial charge in [0.25, 0.3) is 5.91 Å². The summed E-state index contributed by atoms with van der Waals surface area (Å²) in [6.07, 6.45) is 1.74. The summed E-state index contributed by atoms with van der Waals surface area (Å²) in [6, 6.07) is 17.2. The average molecular weight is 489 g/mol. The predicted molar refractivity (Wildman–Crippen MR) is 139 cm³/mol. The Morgan fingerprint density at radius 1 is 1.12 bits per heavy atom. The summed E-state index contributed by atoms with van der Waals surface area (Å²) >= 11 is 7.62. The van der Waals surface area contributed by atoms with E-state index in [9.17, 15) is 4.79 Å². The predicted octanol–water partition coefficient (Wildman–Crippen LogP) is 6.06. The molecule has 2 aromatic carbocycles. The van der Waals surface area contributed by atoms with Gasteiger partial charge in [-0.25, -0.2) is 0 Å². The van der Waals surface area contributed by atoms with Crippen molar-refractivity contribution in [3.05, 3.63) is 93.1 Å². The van der Waals surface area contributed by atoms with Crippen molar-refractivity contribution in [2.24, 2.45) is 4.99 Å². The van der Waals surface area contributed by atoms with Crippen LogP contribution in [-0.4, -0.2) is 33.5 Å². The highest BCUT2D eigenvalue weighted by Gasteiger charge is 2.36. The Hall–Kier alpha value is -3.55. The van der Waals surface area contributed by atoms with E-state index in [-0.39, 0.29) is 11.4 Å². The molecule has 0 spiro atoms. The van der Waals surface area contributed by atoms with E-state index in [1.54, 1.807) is 24.2 Å². The van der Waals surface area contributed by atoms with E-state index in [2.05, 4.69) is 4.99 Å². The molecule has 0 fully saturated rings. The molecular weight excluding hydrogens is 468 g/mol. The fourth-order valence-electron chi connectivity index (χ4n) is 4.21. The van der Waals surface area contributed by atoms with Gasteiger partial charge in [0.15, 0.2) is 5.17 Å². The highest BCUT2D eigenvalue weighted by atomic mass is 35.5. The third-order valence-corrected chi connectivity index (χ3v) is 6.90. The molecule has 1 aromatic heterocycles. The number of hydrogen-bond acceptors (Lipinski definition) is 4. The van der Waals surface area contributed by atoms with E-state index in [0.717, 1.165) is 33.9 Å². The molecule has 3 heterocycles. The third kappa shape index (κ3) is 3.67. The lowest BCUT2D eigenvalue weighted by Crippen LogP contribution is -2.38. The quantitative estimate of drug-likeness (QED) is 0.453. The fraction of sp³-hybridized carbons (Fsp3) is 0.115. The zero-order chi connectivity index (χ0) is 24.0. The van der Waals surface area contributed by atoms with Gasteiger partial charge >= 0.3 is 0 Å². The lowest BCUT2D eigenvalue weighted by atomic mass is 10.1. The summed E-state index contributed by atoms with van der Waals surface area (Å²) in [5, 5.41) is 11.9. The van der Waals surface area contributed by atoms with E-state index in [1.165, 1.54) is 11.8 Å². The molecule has 0 radical (unpaired) electrons. The van der Waals surface area contributed by atoms with Crippen molar-refractivity contribution in [3.63, 3.8) is 0 Å². The van der Waals surface area contributed by atoms with Crippen LogP contribution in [0.15, 0.2) is 70.6 Å². The Kier molecular flexibility index (Phi) is 5.67. The molecule has 0 unspecified atom stereocenters. The summed E-state index contributed by atoms with van der Waals surface area (Å²) in [7, 11) is 1.62. The number of nitrogens with one attached hydrogen (secondary N) is 1. The SMILES string of the molecule is COc1ccc(Cl)cc1-n1c(C)cc(/C=C2/C(=N)N3C(c4ccccc4)=CSC3=NC2=O)c1C. The summed E-state index contributed by atoms with van der Waals surface area (Å²) < 4.78 is 7.57. The molecule has 0 bridgehead atoms. The zero-order valence-electron chi connectivity index (χ0n) is 18.8. The first-order valence-electron chi connectivity index (χ1n) is 10.6. The Bertz CT molecular complexity index is 1440. The molecule has 5 rings (SSSR count). The monoisotopic (exact) mass is 488 g/mol. The molecule has 2 aliphatic rings. The van der Waals surface area contributed by atoms with Gasteiger partial charge in [0.2, 0.25) is 0 Å². The highest BCUT2D eigenvalue weighted by molar-refractivity contribution is 8.17. The van der Waals surface area contributed by atoms with Crippen LogP contribution in [0.1, 0.15) is 22.5 Å². The zero-order valence-corrected chi connectivity index (χ0v) is 20.4. The molecule has 34 heavy (non-hydrogen) atoms. The van der Waals surface area contributed by atoms with Crippen molar-refractivity contribution < 1.29 is 9.53 Å². The van der Waals surface area contributed by atoms with Crippen LogP contribution in [0.3, 0.4) is 0 Å². The molecule has 0 aliphatic carbocycles. The number of halogens is 1. The Morgan fingerprint density at radius 2 is 1.88 bits per heavy atom. The lowest BCUT2D eigenvalue weighted by Gasteiger charge is -2.26. The minimum absolute atomic E-state index is 0.111. The number of rotatable bonds is 4. The number of aromatic nitrogens is 1. The molecule has 1 amide bonds. The maximum absolute atomic E-state index is 12.9. The minimum atomic E-state index is -0.420. The molecule has 6 nitrogen and oxygen atoms in total. The van der Waals surface area contributed by atoms with Crippen LogP contribution in [0.5, 0.6) is 5.75 Å². The van der Waals surface area contributed by atoms with Crippen molar-refractivity contribution in [1.82, 2.24) is 9.47 Å². The summed E-state index contributed by atoms with van der Waals surface area (Å²) in [5.41, 5.74) is 5.52. The molecule has 3 aromatic rings. The van der Waals surface area contributed by atoms with E-state index >= 15 is 0 Å². The molecule has 8 heteroatoms. The second kappa shape index (κ2) is 8.66. The van der Waals surface area contributed by atoms with Crippen LogP contribution in [0.4, 0.5) is 0 Å². The van der Waals surface area contributed by atoms with Crippen LogP contribution in [-0.2, 0) is 4.79 Å². The van der Waals surface area contributed by atoms with E-state index in [1.807, 2.05) is 72.4 Å². The van der Waals surface area contributed by atoms with Crippen LogP contribution in [0.25, 0.3) is 17.5 Å². The first kappa shape index (κ1) is 22.3. The van der Waals surface area contributed by atoms with E-state index in [4.69, 9.17) is 21.7 Å². The number of fused-ring (bicyclic) bond motifs is 1. The molecule has 2 aliphatic heterocycles. The number of ether oxygens (including phenoxy) is 1. The molecule has 1 N–H and O–H groups in total. The van der Waals surface area contributed by atoms with Crippen molar-refractivity contribution in [2.75, 3.05) is 7.11 Å². The number of amidine groups is 2. The van der Waals surface area contributed by atoms with Gasteiger partial charge in [0.05, 0.1) is 24.1 Å². The molecule has 0 saturated carbocycles. The second-order valence-corrected chi connectivity index (χ2v) is 9.18. The van der Waals surface area contributed by atoms with Crippen molar-refractivity contribution in [2.45, 2.75) is 13.8 Å². The first-order chi connectivity index (χ1) is 16.4. The van der Waals surface area contributed by atoms with Crippen LogP contribution in [0.2, 0.25) is 5.02 Å². The number of nitrogens with zero attached hydrogens (tertiary/aromatic N) is 3. The molecule has 0 atom stereocenters. The lowest BCUT2D eigenvalue weighted by molar-refractivity contribution is -0.114. The Balaban J connectivity index is 1.57. The van der Waals surface area contributed by atoms with E-state index < -0.39 is 5.91 Å².